The summed E-state index contributed by atoms with van der Waals surface area (Å²) in [6, 6.07) is 28.1. The number of anilines is 1. The van der Waals surface area contributed by atoms with Crippen LogP contribution < -0.4 is 9.64 Å². The van der Waals surface area contributed by atoms with E-state index in [1.165, 1.54) is 54.7 Å². The molecule has 35 heavy (non-hydrogen) atoms. The smallest absolute Gasteiger partial charge is 0.119 e. The van der Waals surface area contributed by atoms with Gasteiger partial charge in [-0.2, -0.15) is 5.10 Å². The Morgan fingerprint density at radius 1 is 0.800 bits per heavy atom. The van der Waals surface area contributed by atoms with Gasteiger partial charge in [-0.1, -0.05) is 42.8 Å². The second-order valence-electron chi connectivity index (χ2n) is 9.33. The molecule has 2 heterocycles. The molecule has 0 radical (unpaired) electrons. The summed E-state index contributed by atoms with van der Waals surface area (Å²) < 4.78 is 7.37. The summed E-state index contributed by atoms with van der Waals surface area (Å²) >= 11 is 0. The Kier molecular flexibility index (Phi) is 7.44. The number of ether oxygens (including phenoxy) is 1. The number of benzene rings is 3. The topological polar surface area (TPSA) is 33.5 Å². The first kappa shape index (κ1) is 23.2. The summed E-state index contributed by atoms with van der Waals surface area (Å²) in [7, 11) is 1.72. The number of piperidine rings is 1. The zero-order valence-electron chi connectivity index (χ0n) is 20.5. The fraction of sp³-hybridized carbons (Fsp3) is 0.300. The highest BCUT2D eigenvalue weighted by Gasteiger charge is 2.14. The van der Waals surface area contributed by atoms with Crippen LogP contribution in [0.25, 0.3) is 5.69 Å². The molecule has 1 aliphatic rings. The molecule has 0 saturated carbocycles. The van der Waals surface area contributed by atoms with Crippen LogP contribution in [0.1, 0.15) is 36.0 Å². The number of nitrogens with zero attached hydrogens (tertiary/aromatic N) is 4. The van der Waals surface area contributed by atoms with Gasteiger partial charge in [0.15, 0.2) is 0 Å². The van der Waals surface area contributed by atoms with Gasteiger partial charge in [0.2, 0.25) is 0 Å². The predicted molar refractivity (Wildman–Crippen MR) is 142 cm³/mol. The van der Waals surface area contributed by atoms with Crippen LogP contribution in [0.3, 0.4) is 0 Å². The lowest BCUT2D eigenvalue weighted by atomic mass is 10.1. The predicted octanol–water partition coefficient (Wildman–Crippen LogP) is 6.07. The standard InChI is InChI=1S/C30H34N4O/c1-35-30-11-6-9-27(21-30)24-33(23-25-12-14-28(15-13-25)34-19-7-16-31-34)29-10-5-8-26(20-29)22-32-17-3-2-4-18-32/h5-16,19-21H,2-4,17-18,22-24H2,1H3. The molecular formula is C30H34N4O. The molecule has 3 aromatic carbocycles. The molecule has 5 nitrogen and oxygen atoms in total. The molecule has 0 amide bonds. The number of likely N-dealkylation sites (tertiary alicyclic amines) is 1. The van der Waals surface area contributed by atoms with Crippen molar-refractivity contribution >= 4 is 5.69 Å². The molecule has 1 aromatic heterocycles. The Labute approximate surface area is 208 Å². The van der Waals surface area contributed by atoms with Gasteiger partial charge in [-0.3, -0.25) is 4.90 Å². The van der Waals surface area contributed by atoms with Crippen molar-refractivity contribution in [2.24, 2.45) is 0 Å². The van der Waals surface area contributed by atoms with Crippen LogP contribution in [-0.2, 0) is 19.6 Å². The minimum absolute atomic E-state index is 0.811. The Balaban J connectivity index is 1.39. The van der Waals surface area contributed by atoms with Crippen molar-refractivity contribution in [2.45, 2.75) is 38.9 Å². The van der Waals surface area contributed by atoms with Crippen LogP contribution in [0.2, 0.25) is 0 Å². The molecule has 4 aromatic rings. The average Bonchev–Trinajstić information content (AvgIpc) is 3.45. The summed E-state index contributed by atoms with van der Waals surface area (Å²) in [5, 5.41) is 4.34. The second kappa shape index (κ2) is 11.2. The molecule has 0 N–H and O–H groups in total. The molecule has 1 aliphatic heterocycles. The van der Waals surface area contributed by atoms with E-state index in [0.29, 0.717) is 0 Å². The molecule has 0 atom stereocenters. The molecule has 0 spiro atoms. The minimum atomic E-state index is 0.811. The Morgan fingerprint density at radius 2 is 1.57 bits per heavy atom. The van der Waals surface area contributed by atoms with E-state index in [4.69, 9.17) is 4.74 Å². The number of hydrogen-bond donors (Lipinski definition) is 0. The highest BCUT2D eigenvalue weighted by atomic mass is 16.5. The maximum Gasteiger partial charge on any atom is 0.119 e. The lowest BCUT2D eigenvalue weighted by Gasteiger charge is -2.28. The first-order valence-corrected chi connectivity index (χ1v) is 12.5. The van der Waals surface area contributed by atoms with E-state index in [0.717, 1.165) is 31.1 Å². The van der Waals surface area contributed by atoms with Gasteiger partial charge in [0.25, 0.3) is 0 Å². The third kappa shape index (κ3) is 6.11. The van der Waals surface area contributed by atoms with Crippen LogP contribution in [0.15, 0.2) is 91.3 Å². The van der Waals surface area contributed by atoms with Crippen molar-refractivity contribution in [3.05, 3.63) is 108 Å². The molecule has 0 bridgehead atoms. The molecule has 1 saturated heterocycles. The van der Waals surface area contributed by atoms with E-state index in [1.807, 2.05) is 23.0 Å². The third-order valence-corrected chi connectivity index (χ3v) is 6.72. The highest BCUT2D eigenvalue weighted by Crippen LogP contribution is 2.25. The highest BCUT2D eigenvalue weighted by molar-refractivity contribution is 5.50. The minimum Gasteiger partial charge on any atom is -0.497 e. The van der Waals surface area contributed by atoms with Crippen LogP contribution >= 0.6 is 0 Å². The van der Waals surface area contributed by atoms with Gasteiger partial charge < -0.3 is 9.64 Å². The second-order valence-corrected chi connectivity index (χ2v) is 9.33. The number of aromatic nitrogens is 2. The van der Waals surface area contributed by atoms with Crippen LogP contribution in [0.4, 0.5) is 5.69 Å². The van der Waals surface area contributed by atoms with Crippen molar-refractivity contribution in [2.75, 3.05) is 25.1 Å². The molecular weight excluding hydrogens is 432 g/mol. The van der Waals surface area contributed by atoms with E-state index in [9.17, 15) is 0 Å². The fourth-order valence-electron chi connectivity index (χ4n) is 4.85. The largest absolute Gasteiger partial charge is 0.497 e. The summed E-state index contributed by atoms with van der Waals surface area (Å²) in [5.74, 6) is 0.893. The van der Waals surface area contributed by atoms with Gasteiger partial charge in [-0.15, -0.1) is 0 Å². The third-order valence-electron chi connectivity index (χ3n) is 6.72. The maximum atomic E-state index is 5.48. The quantitative estimate of drug-likeness (QED) is 0.300. The Morgan fingerprint density at radius 3 is 2.34 bits per heavy atom. The normalized spacial score (nSPS) is 14.1. The number of hydrogen-bond acceptors (Lipinski definition) is 4. The van der Waals surface area contributed by atoms with Gasteiger partial charge in [0, 0.05) is 37.7 Å². The lowest BCUT2D eigenvalue weighted by molar-refractivity contribution is 0.221. The molecule has 5 rings (SSSR count). The average molecular weight is 467 g/mol. The van der Waals surface area contributed by atoms with Crippen molar-refractivity contribution in [1.82, 2.24) is 14.7 Å². The molecule has 0 aliphatic carbocycles. The first-order valence-electron chi connectivity index (χ1n) is 12.5. The van der Waals surface area contributed by atoms with Gasteiger partial charge in [-0.25, -0.2) is 4.68 Å². The van der Waals surface area contributed by atoms with Crippen molar-refractivity contribution in [3.63, 3.8) is 0 Å². The van der Waals surface area contributed by atoms with E-state index in [2.05, 4.69) is 81.6 Å². The van der Waals surface area contributed by atoms with Gasteiger partial charge >= 0.3 is 0 Å². The lowest BCUT2D eigenvalue weighted by Crippen LogP contribution is -2.29. The Bertz CT molecular complexity index is 1200. The summed E-state index contributed by atoms with van der Waals surface area (Å²) in [6.45, 7) is 5.08. The van der Waals surface area contributed by atoms with E-state index >= 15 is 0 Å². The molecule has 5 heteroatoms. The molecule has 180 valence electrons. The van der Waals surface area contributed by atoms with Crippen molar-refractivity contribution < 1.29 is 4.74 Å². The SMILES string of the molecule is COc1cccc(CN(Cc2ccc(-n3cccn3)cc2)c2cccc(CN3CCCCC3)c2)c1. The van der Waals surface area contributed by atoms with Crippen LogP contribution in [0.5, 0.6) is 5.75 Å². The monoisotopic (exact) mass is 466 g/mol. The number of rotatable bonds is 9. The van der Waals surface area contributed by atoms with E-state index in [-0.39, 0.29) is 0 Å². The van der Waals surface area contributed by atoms with Crippen LogP contribution in [0, 0.1) is 0 Å². The van der Waals surface area contributed by atoms with Gasteiger partial charge in [-0.05, 0) is 85.1 Å². The zero-order valence-corrected chi connectivity index (χ0v) is 20.5. The number of methoxy groups -OCH3 is 1. The van der Waals surface area contributed by atoms with Gasteiger partial charge in [0.05, 0.1) is 12.8 Å². The van der Waals surface area contributed by atoms with E-state index < -0.39 is 0 Å². The fourth-order valence-corrected chi connectivity index (χ4v) is 4.85. The van der Waals surface area contributed by atoms with Gasteiger partial charge in [0.1, 0.15) is 5.75 Å². The summed E-state index contributed by atoms with van der Waals surface area (Å²) in [5.41, 5.74) is 6.21. The molecule has 0 unspecified atom stereocenters. The maximum absolute atomic E-state index is 5.48. The summed E-state index contributed by atoms with van der Waals surface area (Å²) in [6.07, 6.45) is 7.77. The Hall–Kier alpha value is -3.57. The van der Waals surface area contributed by atoms with E-state index in [1.54, 1.807) is 13.3 Å². The summed E-state index contributed by atoms with van der Waals surface area (Å²) in [4.78, 5) is 5.04. The van der Waals surface area contributed by atoms with Crippen LogP contribution in [-0.4, -0.2) is 34.9 Å². The van der Waals surface area contributed by atoms with Crippen molar-refractivity contribution in [1.29, 1.82) is 0 Å². The molecule has 1 fully saturated rings. The zero-order chi connectivity index (χ0) is 23.9. The first-order chi connectivity index (χ1) is 17.3. The van der Waals surface area contributed by atoms with Crippen molar-refractivity contribution in [3.8, 4) is 11.4 Å².